The highest BCUT2D eigenvalue weighted by Crippen LogP contribution is 2.26. The van der Waals surface area contributed by atoms with Crippen molar-refractivity contribution < 1.29 is 0 Å². The van der Waals surface area contributed by atoms with E-state index in [1.165, 1.54) is 11.5 Å². The molecule has 8 heteroatoms. The summed E-state index contributed by atoms with van der Waals surface area (Å²) in [5.41, 5.74) is 7.14. The number of aromatic amines is 1. The molecule has 0 aromatic carbocycles. The van der Waals surface area contributed by atoms with E-state index in [-0.39, 0.29) is 6.04 Å². The average Bonchev–Trinajstić information content (AvgIpc) is 3.10. The van der Waals surface area contributed by atoms with Crippen molar-refractivity contribution in [1.82, 2.24) is 24.8 Å². The molecule has 2 aromatic rings. The number of nitrogens with one attached hydrogen (secondary N) is 1. The largest absolute Gasteiger partial charge is 0.338 e. The van der Waals surface area contributed by atoms with E-state index in [1.807, 2.05) is 0 Å². The van der Waals surface area contributed by atoms with E-state index in [4.69, 9.17) is 5.73 Å². The molecule has 2 unspecified atom stereocenters. The molecule has 3 N–H and O–H groups in total. The van der Waals surface area contributed by atoms with Crippen LogP contribution < -0.4 is 10.6 Å². The predicted octanol–water partition coefficient (Wildman–Crippen LogP) is 1.45. The second kappa shape index (κ2) is 6.07. The van der Waals surface area contributed by atoms with Crippen molar-refractivity contribution in [2.45, 2.75) is 39.2 Å². The fraction of sp³-hybridized carbons (Fsp3) is 0.692. The van der Waals surface area contributed by atoms with Gasteiger partial charge in [-0.2, -0.15) is 4.98 Å². The van der Waals surface area contributed by atoms with Gasteiger partial charge < -0.3 is 10.6 Å². The van der Waals surface area contributed by atoms with Gasteiger partial charge in [-0.05, 0) is 30.3 Å². The van der Waals surface area contributed by atoms with Crippen molar-refractivity contribution in [2.75, 3.05) is 18.0 Å². The highest BCUT2D eigenvalue weighted by Gasteiger charge is 2.26. The minimum atomic E-state index is 0.182. The van der Waals surface area contributed by atoms with Gasteiger partial charge in [-0.25, -0.2) is 0 Å². The zero-order valence-corrected chi connectivity index (χ0v) is 13.2. The Hall–Kier alpha value is -1.54. The number of hydrogen-bond donors (Lipinski definition) is 2. The third kappa shape index (κ3) is 2.91. The third-order valence-electron chi connectivity index (χ3n) is 4.03. The first-order valence-corrected chi connectivity index (χ1v) is 8.21. The summed E-state index contributed by atoms with van der Waals surface area (Å²) in [4.78, 5) is 7.76. The summed E-state index contributed by atoms with van der Waals surface area (Å²) in [6.45, 7) is 6.09. The number of hydrogen-bond acceptors (Lipinski definition) is 7. The summed E-state index contributed by atoms with van der Waals surface area (Å²) < 4.78 is 4.03. The number of aromatic nitrogens is 5. The molecule has 114 valence electrons. The summed E-state index contributed by atoms with van der Waals surface area (Å²) in [5.74, 6) is 2.04. The van der Waals surface area contributed by atoms with Crippen LogP contribution in [0.2, 0.25) is 0 Å². The first-order valence-electron chi connectivity index (χ1n) is 7.43. The fourth-order valence-corrected chi connectivity index (χ4v) is 3.21. The lowest BCUT2D eigenvalue weighted by atomic mass is 9.95. The number of nitrogens with two attached hydrogens (primary N) is 1. The van der Waals surface area contributed by atoms with Crippen LogP contribution >= 0.6 is 11.5 Å². The minimum Gasteiger partial charge on any atom is -0.338 e. The Morgan fingerprint density at radius 3 is 3.10 bits per heavy atom. The Balaban J connectivity index is 1.78. The third-order valence-corrected chi connectivity index (χ3v) is 4.81. The highest BCUT2D eigenvalue weighted by atomic mass is 32.1. The molecular weight excluding hydrogens is 286 g/mol. The summed E-state index contributed by atoms with van der Waals surface area (Å²) in [7, 11) is 0. The molecule has 3 heterocycles. The van der Waals surface area contributed by atoms with E-state index >= 15 is 0 Å². The zero-order chi connectivity index (χ0) is 14.8. The molecule has 0 bridgehead atoms. The van der Waals surface area contributed by atoms with Crippen molar-refractivity contribution in [2.24, 2.45) is 11.7 Å². The number of piperidine rings is 1. The molecule has 0 spiro atoms. The van der Waals surface area contributed by atoms with Gasteiger partial charge in [-0.3, -0.25) is 5.10 Å². The Bertz CT molecular complexity index is 593. The highest BCUT2D eigenvalue weighted by molar-refractivity contribution is 7.09. The van der Waals surface area contributed by atoms with Crippen molar-refractivity contribution in [3.8, 4) is 10.7 Å². The van der Waals surface area contributed by atoms with E-state index < -0.39 is 0 Å². The number of rotatable bonds is 4. The smallest absolute Gasteiger partial charge is 0.245 e. The molecule has 7 nitrogen and oxygen atoms in total. The molecule has 1 saturated heterocycles. The van der Waals surface area contributed by atoms with Gasteiger partial charge in [0, 0.05) is 19.1 Å². The SMILES string of the molecule is CCCc1nnsc1-c1nc(N2CCC(C)C(N)C2)n[nH]1. The summed E-state index contributed by atoms with van der Waals surface area (Å²) in [6.07, 6.45) is 3.03. The van der Waals surface area contributed by atoms with Gasteiger partial charge in [0.05, 0.1) is 5.69 Å². The number of aryl methyl sites for hydroxylation is 1. The molecule has 3 rings (SSSR count). The van der Waals surface area contributed by atoms with Crippen molar-refractivity contribution >= 4 is 17.5 Å². The van der Waals surface area contributed by atoms with Gasteiger partial charge >= 0.3 is 0 Å². The molecule has 1 aliphatic rings. The van der Waals surface area contributed by atoms with E-state index in [9.17, 15) is 0 Å². The van der Waals surface area contributed by atoms with Gasteiger partial charge in [0.15, 0.2) is 5.82 Å². The van der Waals surface area contributed by atoms with Gasteiger partial charge in [0.1, 0.15) is 4.88 Å². The van der Waals surface area contributed by atoms with Crippen LogP contribution in [-0.2, 0) is 6.42 Å². The van der Waals surface area contributed by atoms with E-state index in [0.29, 0.717) is 5.92 Å². The Labute approximate surface area is 128 Å². The summed E-state index contributed by atoms with van der Waals surface area (Å²) in [5, 5.41) is 11.5. The normalized spacial score (nSPS) is 22.7. The van der Waals surface area contributed by atoms with Crippen molar-refractivity contribution in [3.05, 3.63) is 5.69 Å². The van der Waals surface area contributed by atoms with Crippen molar-refractivity contribution in [1.29, 1.82) is 0 Å². The van der Waals surface area contributed by atoms with Crippen LogP contribution in [-0.4, -0.2) is 43.9 Å². The minimum absolute atomic E-state index is 0.182. The summed E-state index contributed by atoms with van der Waals surface area (Å²) in [6, 6.07) is 0.182. The van der Waals surface area contributed by atoms with Gasteiger partial charge in [0.25, 0.3) is 0 Å². The molecule has 2 atom stereocenters. The van der Waals surface area contributed by atoms with E-state index in [1.54, 1.807) is 0 Å². The fourth-order valence-electron chi connectivity index (χ4n) is 2.57. The Morgan fingerprint density at radius 1 is 1.48 bits per heavy atom. The lowest BCUT2D eigenvalue weighted by Gasteiger charge is -2.34. The molecule has 1 aliphatic heterocycles. The molecule has 2 aromatic heterocycles. The van der Waals surface area contributed by atoms with Crippen LogP contribution in [0.1, 0.15) is 32.4 Å². The molecule has 1 fully saturated rings. The van der Waals surface area contributed by atoms with Crippen LogP contribution in [0.25, 0.3) is 10.7 Å². The number of H-pyrrole nitrogens is 1. The maximum Gasteiger partial charge on any atom is 0.245 e. The molecule has 21 heavy (non-hydrogen) atoms. The van der Waals surface area contributed by atoms with Gasteiger partial charge in [-0.1, -0.05) is 24.8 Å². The van der Waals surface area contributed by atoms with Crippen LogP contribution in [0.4, 0.5) is 5.95 Å². The molecule has 0 radical (unpaired) electrons. The Morgan fingerprint density at radius 2 is 2.33 bits per heavy atom. The maximum absolute atomic E-state index is 6.15. The monoisotopic (exact) mass is 307 g/mol. The second-order valence-electron chi connectivity index (χ2n) is 5.66. The Kier molecular flexibility index (Phi) is 4.16. The first kappa shape index (κ1) is 14.4. The van der Waals surface area contributed by atoms with E-state index in [2.05, 4.69) is 43.5 Å². The van der Waals surface area contributed by atoms with Crippen molar-refractivity contribution in [3.63, 3.8) is 0 Å². The molecular formula is C13H21N7S. The predicted molar refractivity (Wildman–Crippen MR) is 83.3 cm³/mol. The van der Waals surface area contributed by atoms with Crippen LogP contribution in [0.5, 0.6) is 0 Å². The quantitative estimate of drug-likeness (QED) is 0.887. The van der Waals surface area contributed by atoms with Crippen LogP contribution in [0.3, 0.4) is 0 Å². The molecule has 0 aliphatic carbocycles. The molecule has 0 amide bonds. The van der Waals surface area contributed by atoms with Gasteiger partial charge in [-0.15, -0.1) is 10.2 Å². The van der Waals surface area contributed by atoms with Crippen LogP contribution in [0.15, 0.2) is 0 Å². The van der Waals surface area contributed by atoms with Crippen LogP contribution in [0, 0.1) is 5.92 Å². The average molecular weight is 307 g/mol. The zero-order valence-electron chi connectivity index (χ0n) is 12.4. The number of anilines is 1. The van der Waals surface area contributed by atoms with Gasteiger partial charge in [0.2, 0.25) is 5.95 Å². The van der Waals surface area contributed by atoms with E-state index in [0.717, 1.165) is 54.7 Å². The first-order chi connectivity index (χ1) is 10.2. The lowest BCUT2D eigenvalue weighted by molar-refractivity contribution is 0.376. The molecule has 0 saturated carbocycles. The lowest BCUT2D eigenvalue weighted by Crippen LogP contribution is -2.48. The standard InChI is InChI=1S/C13H21N7S/c1-3-4-10-11(21-19-16-10)12-15-13(18-17-12)20-6-5-8(2)9(14)7-20/h8-9H,3-7,14H2,1-2H3,(H,15,17,18). The second-order valence-corrected chi connectivity index (χ2v) is 6.41. The maximum atomic E-state index is 6.15. The topological polar surface area (TPSA) is 96.6 Å². The summed E-state index contributed by atoms with van der Waals surface area (Å²) >= 11 is 1.37. The number of nitrogens with zero attached hydrogens (tertiary/aromatic N) is 5.